The van der Waals surface area contributed by atoms with Crippen LogP contribution in [0.3, 0.4) is 0 Å². The molecule has 0 spiro atoms. The summed E-state index contributed by atoms with van der Waals surface area (Å²) < 4.78 is 29.6. The number of carbonyl (C=O) groups is 1. The number of nitrogens with two attached hydrogens (primary N) is 1. The number of anilines is 1. The molecule has 2 fully saturated rings. The molecule has 1 aromatic heterocycles. The number of aliphatic imine (C=N–C) groups is 1. The SMILES string of the molecule is C[C@]1(c2cc(/C=C(\F)c3ccc(C#N)cn3)ccc2F)N=C(N)S[C@@]2(C(=O)N3CCN(c4ccccc4)CC3)C[C@H]21. The normalized spacial score (nSPS) is 25.7. The van der Waals surface area contributed by atoms with Gasteiger partial charge in [0.2, 0.25) is 5.91 Å². The molecule has 0 radical (unpaired) electrons. The van der Waals surface area contributed by atoms with Gasteiger partial charge in [-0.05, 0) is 61.4 Å². The largest absolute Gasteiger partial charge is 0.378 e. The number of nitriles is 1. The molecule has 6 rings (SSSR count). The van der Waals surface area contributed by atoms with E-state index in [9.17, 15) is 9.18 Å². The molecule has 1 saturated carbocycles. The van der Waals surface area contributed by atoms with Crippen LogP contribution in [0.4, 0.5) is 14.5 Å². The Morgan fingerprint density at radius 2 is 1.90 bits per heavy atom. The number of carbonyl (C=O) groups excluding carboxylic acids is 1. The summed E-state index contributed by atoms with van der Waals surface area (Å²) in [5.41, 5.74) is 7.42. The summed E-state index contributed by atoms with van der Waals surface area (Å²) in [5, 5.41) is 9.19. The zero-order valence-electron chi connectivity index (χ0n) is 22.4. The Labute approximate surface area is 241 Å². The van der Waals surface area contributed by atoms with Gasteiger partial charge in [-0.15, -0.1) is 0 Å². The van der Waals surface area contributed by atoms with Gasteiger partial charge in [0.15, 0.2) is 5.17 Å². The second kappa shape index (κ2) is 10.3. The fourth-order valence-corrected chi connectivity index (χ4v) is 7.42. The summed E-state index contributed by atoms with van der Waals surface area (Å²) in [5.74, 6) is -1.36. The van der Waals surface area contributed by atoms with Gasteiger partial charge >= 0.3 is 0 Å². The number of benzene rings is 2. The first-order chi connectivity index (χ1) is 19.7. The van der Waals surface area contributed by atoms with Crippen molar-refractivity contribution in [2.75, 3.05) is 31.1 Å². The quantitative estimate of drug-likeness (QED) is 0.467. The topological polar surface area (TPSA) is 98.6 Å². The predicted molar refractivity (Wildman–Crippen MR) is 157 cm³/mol. The second-order valence-electron chi connectivity index (χ2n) is 10.7. The van der Waals surface area contributed by atoms with Gasteiger partial charge in [-0.3, -0.25) is 14.8 Å². The van der Waals surface area contributed by atoms with E-state index in [1.54, 1.807) is 13.0 Å². The zero-order valence-corrected chi connectivity index (χ0v) is 23.2. The molecule has 3 heterocycles. The summed E-state index contributed by atoms with van der Waals surface area (Å²) in [7, 11) is 0. The Hall–Kier alpha value is -4.23. The zero-order chi connectivity index (χ0) is 28.8. The standard InChI is InChI=1S/C31H28F2N6OS/c1-30(23-15-20(7-9-24(23)32)16-25(33)26-10-8-21(18-34)19-36-26)27-17-31(27,41-29(35)37-30)28(40)39-13-11-38(12-14-39)22-5-3-2-4-6-22/h2-10,15-16,19,27H,11-14,17H2,1H3,(H2,35,37)/b25-16-/t27-,30+,31-/m0/s1. The Balaban J connectivity index is 1.24. The number of aromatic nitrogens is 1. The number of para-hydroxylation sites is 1. The molecule has 1 amide bonds. The number of piperazine rings is 1. The van der Waals surface area contributed by atoms with Crippen LogP contribution in [0.25, 0.3) is 11.9 Å². The second-order valence-corrected chi connectivity index (χ2v) is 12.1. The molecule has 1 saturated heterocycles. The third-order valence-corrected chi connectivity index (χ3v) is 9.52. The smallest absolute Gasteiger partial charge is 0.239 e. The lowest BCUT2D eigenvalue weighted by molar-refractivity contribution is -0.132. The van der Waals surface area contributed by atoms with Crippen molar-refractivity contribution in [3.63, 3.8) is 0 Å². The van der Waals surface area contributed by atoms with Crippen molar-refractivity contribution in [2.45, 2.75) is 23.6 Å². The molecule has 1 aliphatic carbocycles. The Morgan fingerprint density at radius 1 is 1.15 bits per heavy atom. The molecule has 10 heteroatoms. The molecule has 208 valence electrons. The maximum atomic E-state index is 15.4. The first kappa shape index (κ1) is 27.0. The van der Waals surface area contributed by atoms with Crippen LogP contribution in [-0.4, -0.2) is 51.9 Å². The van der Waals surface area contributed by atoms with Crippen LogP contribution < -0.4 is 10.6 Å². The van der Waals surface area contributed by atoms with Crippen LogP contribution in [0.2, 0.25) is 0 Å². The molecule has 41 heavy (non-hydrogen) atoms. The van der Waals surface area contributed by atoms with Crippen molar-refractivity contribution >= 4 is 40.4 Å². The van der Waals surface area contributed by atoms with Crippen LogP contribution in [0.1, 0.15) is 35.7 Å². The van der Waals surface area contributed by atoms with Crippen LogP contribution in [-0.2, 0) is 10.3 Å². The average molecular weight is 571 g/mol. The summed E-state index contributed by atoms with van der Waals surface area (Å²) >= 11 is 1.28. The lowest BCUT2D eigenvalue weighted by Gasteiger charge is -2.40. The number of pyridine rings is 1. The minimum absolute atomic E-state index is 0.0127. The van der Waals surface area contributed by atoms with Gasteiger partial charge in [-0.25, -0.2) is 8.78 Å². The Bertz CT molecular complexity index is 1600. The highest BCUT2D eigenvalue weighted by Gasteiger charge is 2.71. The molecule has 2 aliphatic heterocycles. The third kappa shape index (κ3) is 4.84. The molecule has 3 atom stereocenters. The number of thioether (sulfide) groups is 1. The summed E-state index contributed by atoms with van der Waals surface area (Å²) in [6, 6.07) is 19.3. The monoisotopic (exact) mass is 570 g/mol. The van der Waals surface area contributed by atoms with Gasteiger partial charge in [-0.1, -0.05) is 36.0 Å². The molecular weight excluding hydrogens is 542 g/mol. The van der Waals surface area contributed by atoms with E-state index in [-0.39, 0.29) is 28.3 Å². The lowest BCUT2D eigenvalue weighted by atomic mass is 9.84. The number of halogens is 2. The van der Waals surface area contributed by atoms with E-state index in [4.69, 9.17) is 11.0 Å². The number of amides is 1. The van der Waals surface area contributed by atoms with E-state index in [0.29, 0.717) is 30.6 Å². The van der Waals surface area contributed by atoms with Crippen molar-refractivity contribution in [1.82, 2.24) is 9.88 Å². The minimum atomic E-state index is -1.09. The van der Waals surface area contributed by atoms with Gasteiger partial charge in [0, 0.05) is 49.5 Å². The van der Waals surface area contributed by atoms with E-state index in [2.05, 4.69) is 27.0 Å². The molecule has 0 unspecified atom stereocenters. The van der Waals surface area contributed by atoms with E-state index < -0.39 is 21.9 Å². The molecule has 0 bridgehead atoms. The Morgan fingerprint density at radius 3 is 2.59 bits per heavy atom. The van der Waals surface area contributed by atoms with E-state index in [1.165, 1.54) is 48.3 Å². The van der Waals surface area contributed by atoms with E-state index in [0.717, 1.165) is 18.8 Å². The van der Waals surface area contributed by atoms with Crippen molar-refractivity contribution in [3.8, 4) is 6.07 Å². The predicted octanol–water partition coefficient (Wildman–Crippen LogP) is 4.94. The van der Waals surface area contributed by atoms with Gasteiger partial charge in [-0.2, -0.15) is 5.26 Å². The molecule has 2 aromatic carbocycles. The number of nitrogens with zero attached hydrogens (tertiary/aromatic N) is 5. The highest BCUT2D eigenvalue weighted by atomic mass is 32.2. The van der Waals surface area contributed by atoms with Crippen molar-refractivity contribution in [3.05, 3.63) is 95.1 Å². The van der Waals surface area contributed by atoms with Crippen LogP contribution in [0.5, 0.6) is 0 Å². The Kier molecular flexibility index (Phi) is 6.78. The third-order valence-electron chi connectivity index (χ3n) is 8.23. The van der Waals surface area contributed by atoms with Gasteiger partial charge in [0.25, 0.3) is 0 Å². The first-order valence-corrected chi connectivity index (χ1v) is 14.2. The number of rotatable bonds is 5. The number of hydrogen-bond donors (Lipinski definition) is 1. The van der Waals surface area contributed by atoms with Crippen LogP contribution in [0, 0.1) is 23.1 Å². The van der Waals surface area contributed by atoms with Crippen LogP contribution in [0.15, 0.2) is 71.9 Å². The average Bonchev–Trinajstić information content (AvgIpc) is 3.75. The minimum Gasteiger partial charge on any atom is -0.378 e. The fourth-order valence-electron chi connectivity index (χ4n) is 5.97. The molecule has 7 nitrogen and oxygen atoms in total. The maximum absolute atomic E-state index is 15.4. The first-order valence-electron chi connectivity index (χ1n) is 13.4. The van der Waals surface area contributed by atoms with Crippen molar-refractivity contribution in [2.24, 2.45) is 16.6 Å². The maximum Gasteiger partial charge on any atom is 0.239 e. The summed E-state index contributed by atoms with van der Waals surface area (Å²) in [6.07, 6.45) is 3.09. The molecule has 3 aliphatic rings. The van der Waals surface area contributed by atoms with Crippen LogP contribution >= 0.6 is 11.8 Å². The fraction of sp³-hybridized carbons (Fsp3) is 0.290. The lowest BCUT2D eigenvalue weighted by Crippen LogP contribution is -2.53. The molecule has 3 aromatic rings. The number of hydrogen-bond acceptors (Lipinski definition) is 7. The van der Waals surface area contributed by atoms with Crippen molar-refractivity contribution in [1.29, 1.82) is 5.26 Å². The van der Waals surface area contributed by atoms with Crippen molar-refractivity contribution < 1.29 is 13.6 Å². The molecule has 2 N–H and O–H groups in total. The summed E-state index contributed by atoms with van der Waals surface area (Å²) in [6.45, 7) is 4.44. The highest BCUT2D eigenvalue weighted by molar-refractivity contribution is 8.15. The van der Waals surface area contributed by atoms with Gasteiger partial charge < -0.3 is 15.5 Å². The van der Waals surface area contributed by atoms with Gasteiger partial charge in [0.05, 0.1) is 16.8 Å². The molecular formula is C31H28F2N6OS. The van der Waals surface area contributed by atoms with Gasteiger partial charge in [0.1, 0.15) is 22.5 Å². The highest BCUT2D eigenvalue weighted by Crippen LogP contribution is 2.66. The number of fused-ring (bicyclic) bond motifs is 1. The summed E-state index contributed by atoms with van der Waals surface area (Å²) in [4.78, 5) is 26.7. The number of amidine groups is 1. The van der Waals surface area contributed by atoms with E-state index in [1.807, 2.05) is 29.2 Å². The van der Waals surface area contributed by atoms with E-state index >= 15 is 4.39 Å².